The summed E-state index contributed by atoms with van der Waals surface area (Å²) in [5.74, 6) is 1.20. The van der Waals surface area contributed by atoms with Crippen LogP contribution in [0.2, 0.25) is 0 Å². The maximum Gasteiger partial charge on any atom is 0.178 e. The van der Waals surface area contributed by atoms with Gasteiger partial charge in [0, 0.05) is 22.3 Å². The third kappa shape index (κ3) is 5.94. The summed E-state index contributed by atoms with van der Waals surface area (Å²) in [6.07, 6.45) is 6.02. The van der Waals surface area contributed by atoms with Crippen molar-refractivity contribution in [2.75, 3.05) is 14.2 Å². The fraction of sp³-hybridized carbons (Fsp3) is 0.370. The van der Waals surface area contributed by atoms with Gasteiger partial charge in [0.2, 0.25) is 0 Å². The van der Waals surface area contributed by atoms with Crippen LogP contribution < -0.4 is 9.47 Å². The Morgan fingerprint density at radius 1 is 0.719 bits per heavy atom. The van der Waals surface area contributed by atoms with Crippen molar-refractivity contribution in [3.8, 4) is 23.0 Å². The molecule has 5 nitrogen and oxygen atoms in total. The summed E-state index contributed by atoms with van der Waals surface area (Å²) in [7, 11) is 3.11. The quantitative estimate of drug-likeness (QED) is 0.541. The molecule has 32 heavy (non-hydrogen) atoms. The number of phenolic OH excluding ortho intramolecular Hbond substituents is 2. The number of ether oxygens (including phenoxy) is 2. The first kappa shape index (κ1) is 25.1. The van der Waals surface area contributed by atoms with Crippen LogP contribution in [0.5, 0.6) is 23.0 Å². The van der Waals surface area contributed by atoms with E-state index in [1.807, 2.05) is 41.5 Å². The van der Waals surface area contributed by atoms with Gasteiger partial charge in [0.05, 0.1) is 14.2 Å². The molecule has 5 heteroatoms. The topological polar surface area (TPSA) is 76.0 Å². The lowest BCUT2D eigenvalue weighted by Crippen LogP contribution is -2.11. The average Bonchev–Trinajstić information content (AvgIpc) is 2.68. The second kappa shape index (κ2) is 9.51. The Balaban J connectivity index is 2.30. The number of methoxy groups -OCH3 is 2. The van der Waals surface area contributed by atoms with Crippen LogP contribution in [0.3, 0.4) is 0 Å². The fourth-order valence-electron chi connectivity index (χ4n) is 3.38. The molecule has 0 fully saturated rings. The summed E-state index contributed by atoms with van der Waals surface area (Å²) in [6.45, 7) is 12.0. The van der Waals surface area contributed by atoms with E-state index < -0.39 is 0 Å². The monoisotopic (exact) mass is 438 g/mol. The minimum absolute atomic E-state index is 0.153. The number of hydrogen-bond donors (Lipinski definition) is 2. The summed E-state index contributed by atoms with van der Waals surface area (Å²) in [5.41, 5.74) is 2.25. The molecule has 2 aromatic rings. The van der Waals surface area contributed by atoms with E-state index in [1.54, 1.807) is 50.6 Å². The van der Waals surface area contributed by atoms with E-state index in [-0.39, 0.29) is 28.1 Å². The van der Waals surface area contributed by atoms with Crippen molar-refractivity contribution in [3.63, 3.8) is 0 Å². The summed E-state index contributed by atoms with van der Waals surface area (Å²) in [4.78, 5) is 12.4. The third-order valence-corrected chi connectivity index (χ3v) is 5.17. The van der Waals surface area contributed by atoms with Crippen LogP contribution in [-0.4, -0.2) is 30.2 Å². The van der Waals surface area contributed by atoms with Gasteiger partial charge < -0.3 is 19.7 Å². The molecule has 0 amide bonds. The van der Waals surface area contributed by atoms with E-state index in [4.69, 9.17) is 9.47 Å². The molecular weight excluding hydrogens is 404 g/mol. The summed E-state index contributed by atoms with van der Waals surface area (Å²) in [5, 5.41) is 20.8. The number of allylic oxidation sites excluding steroid dienone is 2. The van der Waals surface area contributed by atoms with Crippen molar-refractivity contribution in [2.45, 2.75) is 52.4 Å². The smallest absolute Gasteiger partial charge is 0.178 e. The van der Waals surface area contributed by atoms with Gasteiger partial charge in [-0.2, -0.15) is 0 Å². The van der Waals surface area contributed by atoms with E-state index in [0.717, 1.165) is 11.1 Å². The molecular formula is C27H34O5. The van der Waals surface area contributed by atoms with Crippen molar-refractivity contribution in [1.29, 1.82) is 0 Å². The van der Waals surface area contributed by atoms with Gasteiger partial charge in [-0.3, -0.25) is 4.79 Å². The molecule has 0 spiro atoms. The van der Waals surface area contributed by atoms with E-state index in [0.29, 0.717) is 22.6 Å². The minimum atomic E-state index is -0.257. The van der Waals surface area contributed by atoms with Crippen LogP contribution in [-0.2, 0) is 15.6 Å². The lowest BCUT2D eigenvalue weighted by atomic mass is 9.85. The highest BCUT2D eigenvalue weighted by Crippen LogP contribution is 2.37. The Kier molecular flexibility index (Phi) is 7.45. The number of ketones is 1. The normalized spacial score (nSPS) is 12.5. The molecule has 0 unspecified atom stereocenters. The van der Waals surface area contributed by atoms with Gasteiger partial charge >= 0.3 is 0 Å². The molecule has 0 aliphatic rings. The van der Waals surface area contributed by atoms with Gasteiger partial charge in [0.25, 0.3) is 0 Å². The number of rotatable bonds is 6. The molecule has 0 aromatic heterocycles. The van der Waals surface area contributed by atoms with Gasteiger partial charge in [-0.15, -0.1) is 0 Å². The SMILES string of the molecule is COc1cc(C(C)(C)C)c(O)cc1C=CC(=O)C=Cc1cc(O)c(C(C)(C)C)cc1OC. The predicted octanol–water partition coefficient (Wildman–Crippen LogP) is 6.01. The van der Waals surface area contributed by atoms with Crippen LogP contribution in [0.1, 0.15) is 63.8 Å². The highest BCUT2D eigenvalue weighted by Gasteiger charge is 2.21. The molecule has 0 atom stereocenters. The van der Waals surface area contributed by atoms with Crippen LogP contribution in [0.4, 0.5) is 0 Å². The van der Waals surface area contributed by atoms with E-state index in [1.165, 1.54) is 12.2 Å². The lowest BCUT2D eigenvalue weighted by molar-refractivity contribution is -0.110. The number of carbonyl (C=O) groups excluding carboxylic acids is 1. The van der Waals surface area contributed by atoms with Gasteiger partial charge in [0.1, 0.15) is 23.0 Å². The molecule has 2 rings (SSSR count). The Bertz CT molecular complexity index is 964. The number of phenols is 2. The van der Waals surface area contributed by atoms with Crippen molar-refractivity contribution in [1.82, 2.24) is 0 Å². The first-order chi connectivity index (χ1) is 14.8. The van der Waals surface area contributed by atoms with Gasteiger partial charge in [-0.1, -0.05) is 41.5 Å². The molecule has 172 valence electrons. The Labute approximate surface area is 191 Å². The van der Waals surface area contributed by atoms with Crippen LogP contribution in [0, 0.1) is 0 Å². The molecule has 0 saturated heterocycles. The molecule has 0 saturated carbocycles. The Morgan fingerprint density at radius 2 is 1.06 bits per heavy atom. The van der Waals surface area contributed by atoms with Crippen LogP contribution in [0.25, 0.3) is 12.2 Å². The van der Waals surface area contributed by atoms with E-state index >= 15 is 0 Å². The van der Waals surface area contributed by atoms with E-state index in [2.05, 4.69) is 0 Å². The zero-order valence-electron chi connectivity index (χ0n) is 20.2. The highest BCUT2D eigenvalue weighted by molar-refractivity contribution is 6.04. The zero-order valence-corrected chi connectivity index (χ0v) is 20.2. The Morgan fingerprint density at radius 3 is 1.34 bits per heavy atom. The van der Waals surface area contributed by atoms with Crippen molar-refractivity contribution in [2.24, 2.45) is 0 Å². The standard InChI is InChI=1S/C27H34O5/c1-26(2,3)20-15-24(31-7)17(13-22(20)29)9-11-19(28)12-10-18-14-23(30)21(27(4,5)6)16-25(18)32-8/h9-16,29-30H,1-8H3. The molecule has 0 heterocycles. The van der Waals surface area contributed by atoms with Gasteiger partial charge in [-0.05, 0) is 59.4 Å². The van der Waals surface area contributed by atoms with Crippen molar-refractivity contribution >= 4 is 17.9 Å². The molecule has 0 aliphatic carbocycles. The molecule has 2 aromatic carbocycles. The summed E-state index contributed by atoms with van der Waals surface area (Å²) >= 11 is 0. The molecule has 0 radical (unpaired) electrons. The predicted molar refractivity (Wildman–Crippen MR) is 130 cm³/mol. The maximum atomic E-state index is 12.4. The highest BCUT2D eigenvalue weighted by atomic mass is 16.5. The van der Waals surface area contributed by atoms with Gasteiger partial charge in [0.15, 0.2) is 5.78 Å². The number of benzene rings is 2. The van der Waals surface area contributed by atoms with Crippen molar-refractivity contribution < 1.29 is 24.5 Å². The zero-order chi connectivity index (χ0) is 24.3. The lowest BCUT2D eigenvalue weighted by Gasteiger charge is -2.22. The van der Waals surface area contributed by atoms with E-state index in [9.17, 15) is 15.0 Å². The molecule has 0 bridgehead atoms. The second-order valence-corrected chi connectivity index (χ2v) is 9.79. The summed E-state index contributed by atoms with van der Waals surface area (Å²) < 4.78 is 10.9. The number of hydrogen-bond acceptors (Lipinski definition) is 5. The molecule has 2 N–H and O–H groups in total. The van der Waals surface area contributed by atoms with Crippen LogP contribution in [0.15, 0.2) is 36.4 Å². The van der Waals surface area contributed by atoms with Gasteiger partial charge in [-0.25, -0.2) is 0 Å². The third-order valence-electron chi connectivity index (χ3n) is 5.17. The average molecular weight is 439 g/mol. The van der Waals surface area contributed by atoms with Crippen LogP contribution >= 0.6 is 0 Å². The fourth-order valence-corrected chi connectivity index (χ4v) is 3.38. The van der Waals surface area contributed by atoms with Crippen molar-refractivity contribution in [3.05, 3.63) is 58.7 Å². The largest absolute Gasteiger partial charge is 0.508 e. The maximum absolute atomic E-state index is 12.4. The Hall–Kier alpha value is -3.21. The number of carbonyl (C=O) groups is 1. The molecule has 0 aliphatic heterocycles. The first-order valence-electron chi connectivity index (χ1n) is 10.5. The first-order valence-corrected chi connectivity index (χ1v) is 10.5. The summed E-state index contributed by atoms with van der Waals surface area (Å²) in [6, 6.07) is 6.78. The second-order valence-electron chi connectivity index (χ2n) is 9.79. The minimum Gasteiger partial charge on any atom is -0.508 e. The number of aromatic hydroxyl groups is 2.